The molecule has 0 bridgehead atoms. The maximum Gasteiger partial charge on any atom is 0.342 e. The summed E-state index contributed by atoms with van der Waals surface area (Å²) < 4.78 is 5.73. The molecule has 0 amide bonds. The van der Waals surface area contributed by atoms with Gasteiger partial charge in [-0.1, -0.05) is 0 Å². The van der Waals surface area contributed by atoms with E-state index in [2.05, 4.69) is 4.90 Å². The van der Waals surface area contributed by atoms with Crippen LogP contribution in [-0.2, 0) is 4.74 Å². The number of carboxylic acid groups (broad SMARTS) is 1. The summed E-state index contributed by atoms with van der Waals surface area (Å²) in [6, 6.07) is 4.55. The van der Waals surface area contributed by atoms with Gasteiger partial charge in [-0.25, -0.2) is 4.79 Å². The van der Waals surface area contributed by atoms with E-state index in [4.69, 9.17) is 4.74 Å². The van der Waals surface area contributed by atoms with E-state index in [0.29, 0.717) is 13.2 Å². The zero-order valence-electron chi connectivity index (χ0n) is 11.4. The molecule has 0 aromatic heterocycles. The van der Waals surface area contributed by atoms with E-state index >= 15 is 0 Å². The molecular weight excluding hydrogens is 276 g/mol. The molecule has 7 nitrogen and oxygen atoms in total. The van der Waals surface area contributed by atoms with Gasteiger partial charge in [0.25, 0.3) is 5.69 Å². The first-order chi connectivity index (χ1) is 10.1. The summed E-state index contributed by atoms with van der Waals surface area (Å²) in [6.45, 7) is 1.28. The van der Waals surface area contributed by atoms with E-state index < -0.39 is 10.9 Å². The minimum Gasteiger partial charge on any atom is -0.477 e. The van der Waals surface area contributed by atoms with Gasteiger partial charge >= 0.3 is 5.97 Å². The normalized spacial score (nSPS) is 24.7. The van der Waals surface area contributed by atoms with Gasteiger partial charge in [0.15, 0.2) is 0 Å². The molecule has 1 saturated carbocycles. The van der Waals surface area contributed by atoms with E-state index in [-0.39, 0.29) is 23.4 Å². The van der Waals surface area contributed by atoms with Crippen LogP contribution in [0.5, 0.6) is 0 Å². The molecule has 2 atom stereocenters. The molecule has 1 saturated heterocycles. The number of ether oxygens (including phenoxy) is 1. The van der Waals surface area contributed by atoms with Gasteiger partial charge in [-0.05, 0) is 31.4 Å². The van der Waals surface area contributed by atoms with Gasteiger partial charge in [-0.3, -0.25) is 10.1 Å². The van der Waals surface area contributed by atoms with Gasteiger partial charge in [0.05, 0.1) is 23.7 Å². The van der Waals surface area contributed by atoms with Crippen molar-refractivity contribution in [2.24, 2.45) is 0 Å². The summed E-state index contributed by atoms with van der Waals surface area (Å²) in [5.41, 5.74) is 0.0826. The monoisotopic (exact) mass is 292 g/mol. The van der Waals surface area contributed by atoms with Crippen molar-refractivity contribution in [3.8, 4) is 0 Å². The highest BCUT2D eigenvalue weighted by atomic mass is 16.6. The Morgan fingerprint density at radius 2 is 2.24 bits per heavy atom. The molecule has 2 fully saturated rings. The number of nitrogens with zero attached hydrogens (tertiary/aromatic N) is 2. The molecule has 0 spiro atoms. The Labute approximate surface area is 121 Å². The third kappa shape index (κ3) is 2.44. The number of nitro benzene ring substituents is 1. The SMILES string of the molecule is O=C(O)c1cc(N2CCOC3CCCC32)ccc1[N+](=O)[O-]. The zero-order valence-corrected chi connectivity index (χ0v) is 11.4. The van der Waals surface area contributed by atoms with Crippen molar-refractivity contribution in [2.45, 2.75) is 31.4 Å². The van der Waals surface area contributed by atoms with Crippen molar-refractivity contribution in [3.63, 3.8) is 0 Å². The molecule has 112 valence electrons. The lowest BCUT2D eigenvalue weighted by molar-refractivity contribution is -0.385. The first kappa shape index (κ1) is 13.8. The molecule has 1 aromatic carbocycles. The van der Waals surface area contributed by atoms with Gasteiger partial charge in [0.1, 0.15) is 5.56 Å². The highest BCUT2D eigenvalue weighted by Crippen LogP contribution is 2.34. The minimum atomic E-state index is -1.28. The molecule has 0 radical (unpaired) electrons. The summed E-state index contributed by atoms with van der Waals surface area (Å²) in [5.74, 6) is -1.28. The van der Waals surface area contributed by atoms with Crippen molar-refractivity contribution in [2.75, 3.05) is 18.1 Å². The van der Waals surface area contributed by atoms with Crippen LogP contribution in [0.2, 0.25) is 0 Å². The molecule has 2 aliphatic rings. The number of morpholine rings is 1. The van der Waals surface area contributed by atoms with E-state index in [1.165, 1.54) is 12.1 Å². The Morgan fingerprint density at radius 3 is 2.95 bits per heavy atom. The highest BCUT2D eigenvalue weighted by molar-refractivity contribution is 5.93. The van der Waals surface area contributed by atoms with Crippen molar-refractivity contribution in [1.29, 1.82) is 0 Å². The van der Waals surface area contributed by atoms with Crippen LogP contribution in [0, 0.1) is 10.1 Å². The van der Waals surface area contributed by atoms with E-state index in [0.717, 1.165) is 24.9 Å². The second-order valence-corrected chi connectivity index (χ2v) is 5.36. The summed E-state index contributed by atoms with van der Waals surface area (Å²) in [7, 11) is 0. The number of hydrogen-bond donors (Lipinski definition) is 1. The van der Waals surface area contributed by atoms with Crippen LogP contribution >= 0.6 is 0 Å². The number of rotatable bonds is 3. The maximum absolute atomic E-state index is 11.2. The maximum atomic E-state index is 11.2. The molecular formula is C14H16N2O5. The van der Waals surface area contributed by atoms with E-state index in [9.17, 15) is 20.0 Å². The third-order valence-corrected chi connectivity index (χ3v) is 4.22. The number of hydrogen-bond acceptors (Lipinski definition) is 5. The largest absolute Gasteiger partial charge is 0.477 e. The predicted octanol–water partition coefficient (Wildman–Crippen LogP) is 2.05. The smallest absolute Gasteiger partial charge is 0.342 e. The fourth-order valence-corrected chi connectivity index (χ4v) is 3.28. The molecule has 1 aromatic rings. The van der Waals surface area contributed by atoms with Crippen LogP contribution in [0.1, 0.15) is 29.6 Å². The van der Waals surface area contributed by atoms with Crippen LogP contribution in [0.3, 0.4) is 0 Å². The Bertz CT molecular complexity index is 589. The molecule has 1 aliphatic carbocycles. The number of carboxylic acids is 1. The number of anilines is 1. The number of carbonyl (C=O) groups is 1. The highest BCUT2D eigenvalue weighted by Gasteiger charge is 2.36. The van der Waals surface area contributed by atoms with Crippen molar-refractivity contribution < 1.29 is 19.6 Å². The Hall–Kier alpha value is -2.15. The average Bonchev–Trinajstić information content (AvgIpc) is 2.94. The van der Waals surface area contributed by atoms with Gasteiger partial charge < -0.3 is 14.7 Å². The molecule has 1 heterocycles. The lowest BCUT2D eigenvalue weighted by Gasteiger charge is -2.39. The first-order valence-electron chi connectivity index (χ1n) is 6.98. The molecule has 21 heavy (non-hydrogen) atoms. The zero-order chi connectivity index (χ0) is 15.0. The molecule has 1 N–H and O–H groups in total. The molecule has 2 unspecified atom stereocenters. The lowest BCUT2D eigenvalue weighted by atomic mass is 10.1. The number of aromatic carboxylic acids is 1. The summed E-state index contributed by atoms with van der Waals surface area (Å²) in [4.78, 5) is 23.6. The second-order valence-electron chi connectivity index (χ2n) is 5.36. The van der Waals surface area contributed by atoms with Crippen molar-refractivity contribution in [3.05, 3.63) is 33.9 Å². The number of fused-ring (bicyclic) bond motifs is 1. The van der Waals surface area contributed by atoms with Crippen molar-refractivity contribution >= 4 is 17.3 Å². The van der Waals surface area contributed by atoms with E-state index in [1.54, 1.807) is 6.07 Å². The Balaban J connectivity index is 1.96. The van der Waals surface area contributed by atoms with Gasteiger partial charge in [-0.2, -0.15) is 0 Å². The topological polar surface area (TPSA) is 92.9 Å². The van der Waals surface area contributed by atoms with Crippen LogP contribution in [0.15, 0.2) is 18.2 Å². The Morgan fingerprint density at radius 1 is 1.43 bits per heavy atom. The standard InChI is InChI=1S/C14H16N2O5/c17-14(18)10-8-9(4-5-11(10)16(19)20)15-6-7-21-13-3-1-2-12(13)15/h4-5,8,12-13H,1-3,6-7H2,(H,17,18). The number of benzene rings is 1. The fourth-order valence-electron chi connectivity index (χ4n) is 3.28. The van der Waals surface area contributed by atoms with Crippen LogP contribution < -0.4 is 4.90 Å². The van der Waals surface area contributed by atoms with Gasteiger partial charge in [0, 0.05) is 18.3 Å². The average molecular weight is 292 g/mol. The van der Waals surface area contributed by atoms with Crippen LogP contribution in [0.25, 0.3) is 0 Å². The predicted molar refractivity (Wildman–Crippen MR) is 74.8 cm³/mol. The first-order valence-corrected chi connectivity index (χ1v) is 6.98. The summed E-state index contributed by atoms with van der Waals surface area (Å²) in [6.07, 6.45) is 3.29. The van der Waals surface area contributed by atoms with Crippen LogP contribution in [0.4, 0.5) is 11.4 Å². The lowest BCUT2D eigenvalue weighted by Crippen LogP contribution is -2.48. The Kier molecular flexibility index (Phi) is 3.50. The van der Waals surface area contributed by atoms with Gasteiger partial charge in [0.2, 0.25) is 0 Å². The summed E-state index contributed by atoms with van der Waals surface area (Å²) in [5, 5.41) is 20.1. The van der Waals surface area contributed by atoms with Gasteiger partial charge in [-0.15, -0.1) is 0 Å². The number of nitro groups is 1. The molecule has 7 heteroatoms. The fraction of sp³-hybridized carbons (Fsp3) is 0.500. The quantitative estimate of drug-likeness (QED) is 0.677. The summed E-state index contributed by atoms with van der Waals surface area (Å²) >= 11 is 0. The molecule has 1 aliphatic heterocycles. The minimum absolute atomic E-state index is 0.183. The van der Waals surface area contributed by atoms with E-state index in [1.807, 2.05) is 0 Å². The second kappa shape index (κ2) is 5.33. The van der Waals surface area contributed by atoms with Crippen molar-refractivity contribution in [1.82, 2.24) is 0 Å². The van der Waals surface area contributed by atoms with Crippen LogP contribution in [-0.4, -0.2) is 41.3 Å². The molecule has 3 rings (SSSR count). The third-order valence-electron chi connectivity index (χ3n) is 4.22.